The van der Waals surface area contributed by atoms with Crippen molar-refractivity contribution >= 4 is 5.69 Å². The summed E-state index contributed by atoms with van der Waals surface area (Å²) >= 11 is 0. The van der Waals surface area contributed by atoms with Crippen LogP contribution in [0.5, 0.6) is 0 Å². The lowest BCUT2D eigenvalue weighted by Gasteiger charge is -2.36. The van der Waals surface area contributed by atoms with Gasteiger partial charge in [-0.3, -0.25) is 0 Å². The van der Waals surface area contributed by atoms with Crippen molar-refractivity contribution in [2.75, 3.05) is 11.4 Å². The summed E-state index contributed by atoms with van der Waals surface area (Å²) in [6, 6.07) is 7.88. The van der Waals surface area contributed by atoms with Gasteiger partial charge in [-0.05, 0) is 36.8 Å². The van der Waals surface area contributed by atoms with Gasteiger partial charge in [0.1, 0.15) is 0 Å². The lowest BCUT2D eigenvalue weighted by Crippen LogP contribution is -2.38. The molecule has 84 valence electrons. The summed E-state index contributed by atoms with van der Waals surface area (Å²) in [4.78, 5) is 2.75. The Hall–Kier alpha value is -0.980. The Bertz CT molecular complexity index is 423. The third kappa shape index (κ3) is 1.07. The molecule has 4 rings (SSSR count). The minimum Gasteiger partial charge on any atom is -0.367 e. The van der Waals surface area contributed by atoms with Crippen LogP contribution in [0.4, 0.5) is 5.69 Å². The van der Waals surface area contributed by atoms with Gasteiger partial charge >= 0.3 is 0 Å². The Morgan fingerprint density at radius 2 is 2.00 bits per heavy atom. The highest BCUT2D eigenvalue weighted by molar-refractivity contribution is 5.68. The molecule has 0 aromatic heterocycles. The van der Waals surface area contributed by atoms with Gasteiger partial charge in [0.2, 0.25) is 0 Å². The predicted octanol–water partition coefficient (Wildman–Crippen LogP) is 3.48. The van der Waals surface area contributed by atoms with Crippen molar-refractivity contribution in [3.8, 4) is 0 Å². The van der Waals surface area contributed by atoms with Crippen LogP contribution in [-0.4, -0.2) is 12.6 Å². The van der Waals surface area contributed by atoms with Gasteiger partial charge in [-0.1, -0.05) is 31.0 Å². The molecule has 0 spiro atoms. The second kappa shape index (κ2) is 3.26. The average Bonchev–Trinajstić information content (AvgIpc) is 2.68. The van der Waals surface area contributed by atoms with Crippen LogP contribution in [0.1, 0.15) is 49.1 Å². The normalized spacial score (nSPS) is 31.1. The summed E-state index contributed by atoms with van der Waals surface area (Å²) in [6.07, 6.45) is 8.41. The first-order valence-electron chi connectivity index (χ1n) is 6.83. The zero-order chi connectivity index (χ0) is 10.5. The van der Waals surface area contributed by atoms with E-state index in [0.29, 0.717) is 0 Å². The fourth-order valence-electron chi connectivity index (χ4n) is 4.19. The van der Waals surface area contributed by atoms with Gasteiger partial charge in [-0.2, -0.15) is 0 Å². The first-order valence-corrected chi connectivity index (χ1v) is 6.83. The maximum absolute atomic E-state index is 2.75. The number of benzene rings is 1. The van der Waals surface area contributed by atoms with Crippen LogP contribution in [0.3, 0.4) is 0 Å². The zero-order valence-corrected chi connectivity index (χ0v) is 9.78. The molecule has 1 aliphatic carbocycles. The van der Waals surface area contributed by atoms with E-state index in [0.717, 1.165) is 12.0 Å². The van der Waals surface area contributed by atoms with Crippen LogP contribution < -0.4 is 4.90 Å². The molecule has 1 aromatic rings. The topological polar surface area (TPSA) is 3.24 Å². The summed E-state index contributed by atoms with van der Waals surface area (Å²) in [5.74, 6) is 0.863. The van der Waals surface area contributed by atoms with Crippen LogP contribution in [-0.2, 0) is 6.42 Å². The van der Waals surface area contributed by atoms with Crippen molar-refractivity contribution in [1.29, 1.82) is 0 Å². The highest BCUT2D eigenvalue weighted by atomic mass is 15.2. The fraction of sp³-hybridized carbons (Fsp3) is 0.600. The van der Waals surface area contributed by atoms with E-state index in [4.69, 9.17) is 0 Å². The minimum absolute atomic E-state index is 0.852. The Labute approximate surface area is 97.5 Å². The van der Waals surface area contributed by atoms with E-state index >= 15 is 0 Å². The predicted molar refractivity (Wildman–Crippen MR) is 67.1 cm³/mol. The van der Waals surface area contributed by atoms with E-state index in [1.54, 1.807) is 16.8 Å². The van der Waals surface area contributed by atoms with Gasteiger partial charge < -0.3 is 4.90 Å². The molecule has 0 saturated heterocycles. The average molecular weight is 213 g/mol. The van der Waals surface area contributed by atoms with E-state index in [9.17, 15) is 0 Å². The van der Waals surface area contributed by atoms with Crippen molar-refractivity contribution in [3.63, 3.8) is 0 Å². The molecule has 2 aliphatic heterocycles. The molecule has 1 aromatic carbocycles. The quantitative estimate of drug-likeness (QED) is 0.637. The molecule has 0 radical (unpaired) electrons. The molecule has 1 heteroatoms. The van der Waals surface area contributed by atoms with Gasteiger partial charge in [0, 0.05) is 24.2 Å². The number of hydrogen-bond acceptors (Lipinski definition) is 1. The van der Waals surface area contributed by atoms with Crippen LogP contribution in [0.15, 0.2) is 18.2 Å². The van der Waals surface area contributed by atoms with Gasteiger partial charge in [0.15, 0.2) is 0 Å². The third-order valence-corrected chi connectivity index (χ3v) is 4.81. The number of anilines is 1. The molecule has 2 unspecified atom stereocenters. The first kappa shape index (κ1) is 9.09. The molecule has 0 amide bonds. The minimum atomic E-state index is 0.852. The van der Waals surface area contributed by atoms with E-state index < -0.39 is 0 Å². The number of para-hydroxylation sites is 1. The molecular formula is C15H19N. The van der Waals surface area contributed by atoms with Crippen LogP contribution >= 0.6 is 0 Å². The molecule has 1 fully saturated rings. The standard InChI is InChI=1S/C15H19N/c1-2-9-14-12(7-1)13-8-3-5-11-6-4-10-16(14)15(11)13/h3,5,8,12,14H,1-2,4,6-7,9-10H2. The maximum atomic E-state index is 2.75. The summed E-state index contributed by atoms with van der Waals surface area (Å²) in [6.45, 7) is 1.31. The van der Waals surface area contributed by atoms with Gasteiger partial charge in [0.05, 0.1) is 0 Å². The Kier molecular flexibility index (Phi) is 1.85. The van der Waals surface area contributed by atoms with Crippen molar-refractivity contribution in [2.45, 2.75) is 50.5 Å². The molecule has 0 bridgehead atoms. The molecule has 1 nitrogen and oxygen atoms in total. The maximum Gasteiger partial charge on any atom is 0.0437 e. The highest BCUT2D eigenvalue weighted by Gasteiger charge is 2.41. The monoisotopic (exact) mass is 213 g/mol. The number of nitrogens with zero attached hydrogens (tertiary/aromatic N) is 1. The second-order valence-electron chi connectivity index (χ2n) is 5.61. The molecule has 2 atom stereocenters. The van der Waals surface area contributed by atoms with Crippen molar-refractivity contribution in [1.82, 2.24) is 0 Å². The van der Waals surface area contributed by atoms with Gasteiger partial charge in [-0.15, -0.1) is 0 Å². The lowest BCUT2D eigenvalue weighted by molar-refractivity contribution is 0.383. The Morgan fingerprint density at radius 3 is 3.00 bits per heavy atom. The summed E-state index contributed by atoms with van der Waals surface area (Å²) in [5, 5.41) is 0. The fourth-order valence-corrected chi connectivity index (χ4v) is 4.19. The molecule has 3 aliphatic rings. The second-order valence-corrected chi connectivity index (χ2v) is 5.61. The Morgan fingerprint density at radius 1 is 1.06 bits per heavy atom. The van der Waals surface area contributed by atoms with Crippen molar-refractivity contribution in [2.24, 2.45) is 0 Å². The number of rotatable bonds is 0. The van der Waals surface area contributed by atoms with E-state index in [1.165, 1.54) is 45.1 Å². The number of hydrogen-bond donors (Lipinski definition) is 0. The van der Waals surface area contributed by atoms with Crippen molar-refractivity contribution < 1.29 is 0 Å². The van der Waals surface area contributed by atoms with Crippen LogP contribution in [0.2, 0.25) is 0 Å². The molecule has 16 heavy (non-hydrogen) atoms. The van der Waals surface area contributed by atoms with Crippen molar-refractivity contribution in [3.05, 3.63) is 29.3 Å². The summed E-state index contributed by atoms with van der Waals surface area (Å²) in [7, 11) is 0. The van der Waals surface area contributed by atoms with E-state index in [2.05, 4.69) is 23.1 Å². The van der Waals surface area contributed by atoms with Crippen LogP contribution in [0, 0.1) is 0 Å². The molecule has 0 N–H and O–H groups in total. The van der Waals surface area contributed by atoms with E-state index in [1.807, 2.05) is 0 Å². The molecule has 2 heterocycles. The van der Waals surface area contributed by atoms with Gasteiger partial charge in [-0.25, -0.2) is 0 Å². The molecular weight excluding hydrogens is 194 g/mol. The smallest absolute Gasteiger partial charge is 0.0437 e. The SMILES string of the molecule is c1cc2c3c(c1)C1CCCCC1N3CCC2. The summed E-state index contributed by atoms with van der Waals surface area (Å²) < 4.78 is 0. The number of aryl methyl sites for hydroxylation is 1. The Balaban J connectivity index is 1.89. The van der Waals surface area contributed by atoms with E-state index in [-0.39, 0.29) is 0 Å². The third-order valence-electron chi connectivity index (χ3n) is 4.81. The molecule has 1 saturated carbocycles. The largest absolute Gasteiger partial charge is 0.367 e. The highest BCUT2D eigenvalue weighted by Crippen LogP contribution is 2.50. The van der Waals surface area contributed by atoms with Crippen LogP contribution in [0.25, 0.3) is 0 Å². The zero-order valence-electron chi connectivity index (χ0n) is 9.78. The van der Waals surface area contributed by atoms with Gasteiger partial charge in [0.25, 0.3) is 0 Å². The first-order chi connectivity index (χ1) is 7.95. The number of fused-ring (bicyclic) bond motifs is 3. The lowest BCUT2D eigenvalue weighted by atomic mass is 9.82. The summed E-state index contributed by atoms with van der Waals surface area (Å²) in [5.41, 5.74) is 4.95.